The molecule has 2 aromatic carbocycles. The van der Waals surface area contributed by atoms with Gasteiger partial charge in [-0.15, -0.1) is 0 Å². The van der Waals surface area contributed by atoms with Gasteiger partial charge in [-0.05, 0) is 36.2 Å². The van der Waals surface area contributed by atoms with Gasteiger partial charge >= 0.3 is 0 Å². The first-order valence-corrected chi connectivity index (χ1v) is 7.04. The zero-order valence-electron chi connectivity index (χ0n) is 11.3. The predicted molar refractivity (Wildman–Crippen MR) is 83.1 cm³/mol. The van der Waals surface area contributed by atoms with Gasteiger partial charge in [-0.25, -0.2) is 0 Å². The van der Waals surface area contributed by atoms with Crippen molar-refractivity contribution in [3.8, 4) is 0 Å². The van der Waals surface area contributed by atoms with Crippen molar-refractivity contribution in [2.75, 3.05) is 0 Å². The number of nitrogens with one attached hydrogen (secondary N) is 1. The second-order valence-electron chi connectivity index (χ2n) is 4.59. The molecule has 0 saturated heterocycles. The van der Waals surface area contributed by atoms with Gasteiger partial charge in [0.05, 0.1) is 4.92 Å². The maximum absolute atomic E-state index is 12.1. The van der Waals surface area contributed by atoms with E-state index in [-0.39, 0.29) is 11.3 Å². The molecule has 2 aromatic rings. The average Bonchev–Trinajstić information content (AvgIpc) is 2.46. The molecule has 0 unspecified atom stereocenters. The molecule has 0 aliphatic rings. The fourth-order valence-electron chi connectivity index (χ4n) is 1.87. The van der Waals surface area contributed by atoms with Gasteiger partial charge < -0.3 is 5.32 Å². The van der Waals surface area contributed by atoms with E-state index in [1.165, 1.54) is 12.1 Å². The highest BCUT2D eigenvalue weighted by molar-refractivity contribution is 9.10. The molecular formula is C15H13BrN2O3. The van der Waals surface area contributed by atoms with Gasteiger partial charge in [0.2, 0.25) is 0 Å². The topological polar surface area (TPSA) is 72.2 Å². The number of halogens is 1. The van der Waals surface area contributed by atoms with Crippen molar-refractivity contribution in [2.24, 2.45) is 0 Å². The summed E-state index contributed by atoms with van der Waals surface area (Å²) in [6, 6.07) is 12.0. The normalized spacial score (nSPS) is 10.2. The van der Waals surface area contributed by atoms with Crippen LogP contribution in [-0.2, 0) is 6.54 Å². The van der Waals surface area contributed by atoms with Gasteiger partial charge in [-0.1, -0.05) is 34.1 Å². The van der Waals surface area contributed by atoms with Gasteiger partial charge in [-0.2, -0.15) is 0 Å². The van der Waals surface area contributed by atoms with Gasteiger partial charge in [0.15, 0.2) is 0 Å². The van der Waals surface area contributed by atoms with E-state index >= 15 is 0 Å². The largest absolute Gasteiger partial charge is 0.348 e. The first-order chi connectivity index (χ1) is 9.97. The zero-order valence-corrected chi connectivity index (χ0v) is 12.9. The average molecular weight is 349 g/mol. The Balaban J connectivity index is 2.15. The van der Waals surface area contributed by atoms with Crippen LogP contribution in [-0.4, -0.2) is 10.8 Å². The Hall–Kier alpha value is -2.21. The molecule has 6 heteroatoms. The van der Waals surface area contributed by atoms with Crippen LogP contribution in [0.5, 0.6) is 0 Å². The quantitative estimate of drug-likeness (QED) is 0.677. The minimum atomic E-state index is -0.548. The van der Waals surface area contributed by atoms with Crippen LogP contribution in [0.4, 0.5) is 5.69 Å². The van der Waals surface area contributed by atoms with Crippen LogP contribution in [0.3, 0.4) is 0 Å². The second kappa shape index (κ2) is 6.49. The summed E-state index contributed by atoms with van der Waals surface area (Å²) < 4.78 is 0.951. The van der Waals surface area contributed by atoms with Crippen LogP contribution in [0.1, 0.15) is 21.5 Å². The molecule has 0 saturated carbocycles. The van der Waals surface area contributed by atoms with Crippen LogP contribution in [0.15, 0.2) is 46.9 Å². The molecule has 108 valence electrons. The van der Waals surface area contributed by atoms with E-state index < -0.39 is 10.8 Å². The number of rotatable bonds is 4. The van der Waals surface area contributed by atoms with Crippen LogP contribution in [0.2, 0.25) is 0 Å². The number of carbonyl (C=O) groups is 1. The van der Waals surface area contributed by atoms with Gasteiger partial charge in [0, 0.05) is 17.1 Å². The van der Waals surface area contributed by atoms with E-state index in [1.54, 1.807) is 13.0 Å². The maximum Gasteiger partial charge on any atom is 0.282 e. The molecule has 0 spiro atoms. The van der Waals surface area contributed by atoms with Gasteiger partial charge in [0.1, 0.15) is 5.56 Å². The summed E-state index contributed by atoms with van der Waals surface area (Å²) in [6.07, 6.45) is 0. The molecule has 0 radical (unpaired) electrons. The second-order valence-corrected chi connectivity index (χ2v) is 5.50. The van der Waals surface area contributed by atoms with Crippen LogP contribution >= 0.6 is 15.9 Å². The Morgan fingerprint density at radius 1 is 1.24 bits per heavy atom. The summed E-state index contributed by atoms with van der Waals surface area (Å²) in [4.78, 5) is 22.6. The summed E-state index contributed by atoms with van der Waals surface area (Å²) >= 11 is 3.33. The summed E-state index contributed by atoms with van der Waals surface area (Å²) in [5.74, 6) is -0.451. The minimum absolute atomic E-state index is 0.0807. The molecule has 0 aromatic heterocycles. The molecular weight excluding hydrogens is 336 g/mol. The number of hydrogen-bond acceptors (Lipinski definition) is 3. The van der Waals surface area contributed by atoms with E-state index in [1.807, 2.05) is 24.3 Å². The maximum atomic E-state index is 12.1. The number of amides is 1. The molecule has 0 aliphatic carbocycles. The highest BCUT2D eigenvalue weighted by Crippen LogP contribution is 2.20. The monoisotopic (exact) mass is 348 g/mol. The minimum Gasteiger partial charge on any atom is -0.348 e. The fourth-order valence-corrected chi connectivity index (χ4v) is 2.14. The van der Waals surface area contributed by atoms with Gasteiger partial charge in [-0.3, -0.25) is 14.9 Å². The molecule has 21 heavy (non-hydrogen) atoms. The first kappa shape index (κ1) is 15.2. The third kappa shape index (κ3) is 3.88. The summed E-state index contributed by atoms with van der Waals surface area (Å²) in [7, 11) is 0. The van der Waals surface area contributed by atoms with Crippen LogP contribution in [0, 0.1) is 17.0 Å². The number of aryl methyl sites for hydroxylation is 1. The molecule has 1 N–H and O–H groups in total. The smallest absolute Gasteiger partial charge is 0.282 e. The van der Waals surface area contributed by atoms with E-state index in [0.717, 1.165) is 15.6 Å². The Morgan fingerprint density at radius 2 is 1.90 bits per heavy atom. The van der Waals surface area contributed by atoms with Crippen molar-refractivity contribution in [3.63, 3.8) is 0 Å². The summed E-state index contributed by atoms with van der Waals surface area (Å²) in [5.41, 5.74) is 1.61. The highest BCUT2D eigenvalue weighted by atomic mass is 79.9. The standard InChI is InChI=1S/C15H13BrN2O3/c1-10-2-7-14(18(20)21)13(8-10)15(19)17-9-11-3-5-12(16)6-4-11/h2-8H,9H2,1H3,(H,17,19). The third-order valence-electron chi connectivity index (χ3n) is 2.96. The Morgan fingerprint density at radius 3 is 2.52 bits per heavy atom. The van der Waals surface area contributed by atoms with Crippen molar-refractivity contribution in [2.45, 2.75) is 13.5 Å². The molecule has 2 rings (SSSR count). The Bertz CT molecular complexity index is 684. The molecule has 5 nitrogen and oxygen atoms in total. The molecule has 0 atom stereocenters. The van der Waals surface area contributed by atoms with Crippen molar-refractivity contribution >= 4 is 27.5 Å². The number of hydrogen-bond donors (Lipinski definition) is 1. The molecule has 0 aliphatic heterocycles. The van der Waals surface area contributed by atoms with E-state index in [9.17, 15) is 14.9 Å². The number of nitro groups is 1. The lowest BCUT2D eigenvalue weighted by molar-refractivity contribution is -0.385. The third-order valence-corrected chi connectivity index (χ3v) is 3.49. The Labute approximate surface area is 130 Å². The van der Waals surface area contributed by atoms with Crippen molar-refractivity contribution in [1.82, 2.24) is 5.32 Å². The molecule has 0 heterocycles. The molecule has 0 bridgehead atoms. The number of nitro benzene ring substituents is 1. The number of benzene rings is 2. The SMILES string of the molecule is Cc1ccc([N+](=O)[O-])c(C(=O)NCc2ccc(Br)cc2)c1. The van der Waals surface area contributed by atoms with Crippen molar-refractivity contribution in [1.29, 1.82) is 0 Å². The van der Waals surface area contributed by atoms with Crippen LogP contribution < -0.4 is 5.32 Å². The predicted octanol–water partition coefficient (Wildman–Crippen LogP) is 3.60. The lowest BCUT2D eigenvalue weighted by Gasteiger charge is -2.07. The lowest BCUT2D eigenvalue weighted by Crippen LogP contribution is -2.23. The molecule has 1 amide bonds. The van der Waals surface area contributed by atoms with E-state index in [0.29, 0.717) is 6.54 Å². The van der Waals surface area contributed by atoms with E-state index in [2.05, 4.69) is 21.2 Å². The summed E-state index contributed by atoms with van der Waals surface area (Å²) in [6.45, 7) is 2.10. The Kier molecular flexibility index (Phi) is 4.70. The van der Waals surface area contributed by atoms with Crippen LogP contribution in [0.25, 0.3) is 0 Å². The molecule has 0 fully saturated rings. The van der Waals surface area contributed by atoms with Crippen molar-refractivity contribution < 1.29 is 9.72 Å². The lowest BCUT2D eigenvalue weighted by atomic mass is 10.1. The number of carbonyl (C=O) groups excluding carboxylic acids is 1. The van der Waals surface area contributed by atoms with Gasteiger partial charge in [0.25, 0.3) is 11.6 Å². The zero-order chi connectivity index (χ0) is 15.4. The fraction of sp³-hybridized carbons (Fsp3) is 0.133. The van der Waals surface area contributed by atoms with Crippen molar-refractivity contribution in [3.05, 3.63) is 73.7 Å². The number of nitrogens with zero attached hydrogens (tertiary/aromatic N) is 1. The first-order valence-electron chi connectivity index (χ1n) is 6.25. The van der Waals surface area contributed by atoms with E-state index in [4.69, 9.17) is 0 Å². The summed E-state index contributed by atoms with van der Waals surface area (Å²) in [5, 5.41) is 13.7. The highest BCUT2D eigenvalue weighted by Gasteiger charge is 2.19.